The van der Waals surface area contributed by atoms with Crippen molar-refractivity contribution in [2.45, 2.75) is 32.9 Å². The SMILES string of the molecule is CCC(CO)N1CCN(Cc2cc(=O)n3c(C)cccc3n2)CC1. The summed E-state index contributed by atoms with van der Waals surface area (Å²) in [4.78, 5) is 21.7. The summed E-state index contributed by atoms with van der Waals surface area (Å²) in [5.41, 5.74) is 2.42. The van der Waals surface area contributed by atoms with Crippen LogP contribution in [0.25, 0.3) is 5.65 Å². The molecular weight excluding hydrogens is 304 g/mol. The Morgan fingerprint density at radius 1 is 1.25 bits per heavy atom. The fourth-order valence-electron chi connectivity index (χ4n) is 3.46. The molecule has 1 aliphatic heterocycles. The summed E-state index contributed by atoms with van der Waals surface area (Å²) in [6.45, 7) is 8.72. The molecule has 0 amide bonds. The van der Waals surface area contributed by atoms with Crippen LogP contribution in [-0.2, 0) is 6.54 Å². The van der Waals surface area contributed by atoms with Gasteiger partial charge in [-0.05, 0) is 25.5 Å². The highest BCUT2D eigenvalue weighted by molar-refractivity contribution is 5.40. The Hall–Kier alpha value is -1.76. The van der Waals surface area contributed by atoms with Crippen LogP contribution in [0, 0.1) is 6.92 Å². The Balaban J connectivity index is 1.70. The highest BCUT2D eigenvalue weighted by Crippen LogP contribution is 2.11. The second-order valence-electron chi connectivity index (χ2n) is 6.50. The maximum absolute atomic E-state index is 12.3. The van der Waals surface area contributed by atoms with E-state index in [4.69, 9.17) is 0 Å². The van der Waals surface area contributed by atoms with Crippen molar-refractivity contribution in [3.8, 4) is 0 Å². The third kappa shape index (κ3) is 3.50. The van der Waals surface area contributed by atoms with Gasteiger partial charge in [-0.15, -0.1) is 0 Å². The number of aliphatic hydroxyl groups is 1. The van der Waals surface area contributed by atoms with Crippen molar-refractivity contribution in [2.75, 3.05) is 32.8 Å². The van der Waals surface area contributed by atoms with Crippen LogP contribution in [0.2, 0.25) is 0 Å². The van der Waals surface area contributed by atoms with E-state index in [1.807, 2.05) is 25.1 Å². The van der Waals surface area contributed by atoms with E-state index in [9.17, 15) is 9.90 Å². The summed E-state index contributed by atoms with van der Waals surface area (Å²) in [6, 6.07) is 7.64. The lowest BCUT2D eigenvalue weighted by molar-refractivity contribution is 0.0604. The van der Waals surface area contributed by atoms with E-state index >= 15 is 0 Å². The first kappa shape index (κ1) is 17.1. The molecule has 130 valence electrons. The predicted molar refractivity (Wildman–Crippen MR) is 94.2 cm³/mol. The normalized spacial score (nSPS) is 18.1. The first-order chi connectivity index (χ1) is 11.6. The van der Waals surface area contributed by atoms with Crippen molar-refractivity contribution in [1.82, 2.24) is 19.2 Å². The summed E-state index contributed by atoms with van der Waals surface area (Å²) in [7, 11) is 0. The Kier molecular flexibility index (Phi) is 5.28. The predicted octanol–water partition coefficient (Wildman–Crippen LogP) is 0.891. The highest BCUT2D eigenvalue weighted by Gasteiger charge is 2.22. The second kappa shape index (κ2) is 7.42. The quantitative estimate of drug-likeness (QED) is 0.882. The molecular formula is C18H26N4O2. The third-order valence-corrected chi connectivity index (χ3v) is 4.92. The van der Waals surface area contributed by atoms with Gasteiger partial charge in [0, 0.05) is 50.5 Å². The minimum absolute atomic E-state index is 0.0157. The number of piperazine rings is 1. The van der Waals surface area contributed by atoms with Crippen LogP contribution in [0.3, 0.4) is 0 Å². The zero-order valence-corrected chi connectivity index (χ0v) is 14.5. The minimum atomic E-state index is -0.0157. The van der Waals surface area contributed by atoms with Gasteiger partial charge < -0.3 is 5.11 Å². The lowest BCUT2D eigenvalue weighted by atomic mass is 10.1. The second-order valence-corrected chi connectivity index (χ2v) is 6.50. The molecule has 6 nitrogen and oxygen atoms in total. The molecule has 2 aromatic rings. The van der Waals surface area contributed by atoms with Gasteiger partial charge in [0.1, 0.15) is 5.65 Å². The Labute approximate surface area is 142 Å². The van der Waals surface area contributed by atoms with Crippen molar-refractivity contribution in [1.29, 1.82) is 0 Å². The average molecular weight is 330 g/mol. The number of pyridine rings is 1. The van der Waals surface area contributed by atoms with Gasteiger partial charge in [0.05, 0.1) is 12.3 Å². The molecule has 1 N–H and O–H groups in total. The monoisotopic (exact) mass is 330 g/mol. The highest BCUT2D eigenvalue weighted by atomic mass is 16.3. The van der Waals surface area contributed by atoms with Gasteiger partial charge in [0.25, 0.3) is 5.56 Å². The number of hydrogen-bond acceptors (Lipinski definition) is 5. The van der Waals surface area contributed by atoms with Crippen LogP contribution >= 0.6 is 0 Å². The molecule has 2 aromatic heterocycles. The van der Waals surface area contributed by atoms with Crippen molar-refractivity contribution in [3.63, 3.8) is 0 Å². The molecule has 3 rings (SSSR count). The first-order valence-corrected chi connectivity index (χ1v) is 8.68. The molecule has 0 spiro atoms. The zero-order valence-electron chi connectivity index (χ0n) is 14.5. The topological polar surface area (TPSA) is 61.1 Å². The maximum Gasteiger partial charge on any atom is 0.258 e. The van der Waals surface area contributed by atoms with E-state index in [1.165, 1.54) is 0 Å². The standard InChI is InChI=1S/C18H26N4O2/c1-3-16(13-23)21-9-7-20(8-10-21)12-15-11-18(24)22-14(2)5-4-6-17(22)19-15/h4-6,11,16,23H,3,7-10,12-13H2,1-2H3. The molecule has 6 heteroatoms. The zero-order chi connectivity index (χ0) is 17.1. The molecule has 1 aliphatic rings. The van der Waals surface area contributed by atoms with Crippen molar-refractivity contribution < 1.29 is 5.11 Å². The largest absolute Gasteiger partial charge is 0.395 e. The van der Waals surface area contributed by atoms with E-state index in [-0.39, 0.29) is 18.2 Å². The molecule has 3 heterocycles. The van der Waals surface area contributed by atoms with Crippen LogP contribution in [0.15, 0.2) is 29.1 Å². The van der Waals surface area contributed by atoms with Crippen molar-refractivity contribution in [2.24, 2.45) is 0 Å². The van der Waals surface area contributed by atoms with Gasteiger partial charge in [-0.25, -0.2) is 4.98 Å². The molecule has 0 radical (unpaired) electrons. The Morgan fingerprint density at radius 2 is 2.00 bits per heavy atom. The molecule has 1 unspecified atom stereocenters. The Bertz CT molecular complexity index is 746. The van der Waals surface area contributed by atoms with E-state index in [0.717, 1.165) is 44.0 Å². The minimum Gasteiger partial charge on any atom is -0.395 e. The van der Waals surface area contributed by atoms with Gasteiger partial charge in [0.15, 0.2) is 0 Å². The lowest BCUT2D eigenvalue weighted by Gasteiger charge is -2.38. The molecule has 1 atom stereocenters. The van der Waals surface area contributed by atoms with Crippen molar-refractivity contribution in [3.05, 3.63) is 46.0 Å². The Morgan fingerprint density at radius 3 is 2.67 bits per heavy atom. The smallest absolute Gasteiger partial charge is 0.258 e. The van der Waals surface area contributed by atoms with Gasteiger partial charge >= 0.3 is 0 Å². The van der Waals surface area contributed by atoms with Gasteiger partial charge in [0.2, 0.25) is 0 Å². The number of nitrogens with zero attached hydrogens (tertiary/aromatic N) is 4. The third-order valence-electron chi connectivity index (χ3n) is 4.92. The summed E-state index contributed by atoms with van der Waals surface area (Å²) < 4.78 is 1.65. The number of aryl methyl sites for hydroxylation is 1. The summed E-state index contributed by atoms with van der Waals surface area (Å²) in [5, 5.41) is 9.43. The molecule has 1 fully saturated rings. The van der Waals surface area contributed by atoms with Gasteiger partial charge in [-0.3, -0.25) is 19.0 Å². The van der Waals surface area contributed by atoms with Crippen LogP contribution in [0.4, 0.5) is 0 Å². The van der Waals surface area contributed by atoms with Gasteiger partial charge in [-0.1, -0.05) is 13.0 Å². The summed E-state index contributed by atoms with van der Waals surface area (Å²) in [5.74, 6) is 0. The molecule has 24 heavy (non-hydrogen) atoms. The van der Waals surface area contributed by atoms with Crippen LogP contribution in [0.5, 0.6) is 0 Å². The van der Waals surface area contributed by atoms with E-state index in [1.54, 1.807) is 10.5 Å². The number of aliphatic hydroxyl groups excluding tert-OH is 1. The molecule has 0 aromatic carbocycles. The number of fused-ring (bicyclic) bond motifs is 1. The molecule has 0 aliphatic carbocycles. The van der Waals surface area contributed by atoms with E-state index < -0.39 is 0 Å². The van der Waals surface area contributed by atoms with Crippen LogP contribution < -0.4 is 5.56 Å². The summed E-state index contributed by atoms with van der Waals surface area (Å²) >= 11 is 0. The molecule has 0 bridgehead atoms. The number of rotatable bonds is 5. The van der Waals surface area contributed by atoms with Crippen LogP contribution in [-0.4, -0.2) is 63.1 Å². The molecule has 0 saturated carbocycles. The van der Waals surface area contributed by atoms with E-state index in [0.29, 0.717) is 12.2 Å². The number of aromatic nitrogens is 2. The maximum atomic E-state index is 12.3. The summed E-state index contributed by atoms with van der Waals surface area (Å²) in [6.07, 6.45) is 0.971. The lowest BCUT2D eigenvalue weighted by Crippen LogP contribution is -2.50. The fourth-order valence-corrected chi connectivity index (χ4v) is 3.46. The fraction of sp³-hybridized carbons (Fsp3) is 0.556. The van der Waals surface area contributed by atoms with E-state index in [2.05, 4.69) is 21.7 Å². The number of hydrogen-bond donors (Lipinski definition) is 1. The first-order valence-electron chi connectivity index (χ1n) is 8.68. The average Bonchev–Trinajstić information content (AvgIpc) is 2.57. The van der Waals surface area contributed by atoms with Crippen LogP contribution in [0.1, 0.15) is 24.7 Å². The molecule has 1 saturated heterocycles. The van der Waals surface area contributed by atoms with Gasteiger partial charge in [-0.2, -0.15) is 0 Å². The van der Waals surface area contributed by atoms with Crippen molar-refractivity contribution >= 4 is 5.65 Å².